The van der Waals surface area contributed by atoms with Gasteiger partial charge >= 0.3 is 6.18 Å². The molecule has 0 bridgehead atoms. The fraction of sp³-hybridized carbons (Fsp3) is 0.471. The molecule has 0 saturated heterocycles. The molecule has 1 aliphatic rings. The second-order valence-electron chi connectivity index (χ2n) is 6.56. The van der Waals surface area contributed by atoms with Crippen LogP contribution in [0, 0.1) is 0 Å². The zero-order valence-electron chi connectivity index (χ0n) is 13.2. The predicted octanol–water partition coefficient (Wildman–Crippen LogP) is 4.51. The second-order valence-corrected chi connectivity index (χ2v) is 6.56. The molecule has 22 heavy (non-hydrogen) atoms. The summed E-state index contributed by atoms with van der Waals surface area (Å²) in [5.74, 6) is -0.0951. The maximum absolute atomic E-state index is 12.8. The molecule has 1 aromatic rings. The van der Waals surface area contributed by atoms with Gasteiger partial charge in [-0.25, -0.2) is 0 Å². The lowest BCUT2D eigenvalue weighted by atomic mass is 9.78. The average Bonchev–Trinajstić information content (AvgIpc) is 2.76. The van der Waals surface area contributed by atoms with Crippen LogP contribution >= 0.6 is 0 Å². The number of benzene rings is 1. The van der Waals surface area contributed by atoms with Crippen LogP contribution in [0.3, 0.4) is 0 Å². The van der Waals surface area contributed by atoms with Gasteiger partial charge in [0, 0.05) is 11.7 Å². The zero-order chi connectivity index (χ0) is 16.8. The van der Waals surface area contributed by atoms with E-state index in [4.69, 9.17) is 0 Å². The lowest BCUT2D eigenvalue weighted by Gasteiger charge is -2.34. The third-order valence-electron chi connectivity index (χ3n) is 4.12. The van der Waals surface area contributed by atoms with Gasteiger partial charge in [-0.1, -0.05) is 19.1 Å². The van der Waals surface area contributed by atoms with Gasteiger partial charge in [0.25, 0.3) is 0 Å². The van der Waals surface area contributed by atoms with Gasteiger partial charge < -0.3 is 4.90 Å². The number of halogens is 3. The van der Waals surface area contributed by atoms with Crippen molar-refractivity contribution in [2.45, 2.75) is 51.2 Å². The maximum atomic E-state index is 12.8. The molecule has 5 heteroatoms. The van der Waals surface area contributed by atoms with Crippen LogP contribution in [0.25, 0.3) is 0 Å². The fourth-order valence-electron chi connectivity index (χ4n) is 2.73. The fourth-order valence-corrected chi connectivity index (χ4v) is 2.73. The van der Waals surface area contributed by atoms with E-state index in [2.05, 4.69) is 0 Å². The van der Waals surface area contributed by atoms with Gasteiger partial charge in [0.15, 0.2) is 0 Å². The summed E-state index contributed by atoms with van der Waals surface area (Å²) in [5, 5.41) is 0. The maximum Gasteiger partial charge on any atom is 0.416 e. The van der Waals surface area contributed by atoms with E-state index in [1.807, 2.05) is 27.7 Å². The Bertz CT molecular complexity index is 596. The van der Waals surface area contributed by atoms with Crippen molar-refractivity contribution in [2.75, 3.05) is 0 Å². The van der Waals surface area contributed by atoms with Crippen LogP contribution < -0.4 is 0 Å². The van der Waals surface area contributed by atoms with E-state index in [0.29, 0.717) is 12.0 Å². The quantitative estimate of drug-likeness (QED) is 0.787. The van der Waals surface area contributed by atoms with Crippen LogP contribution in [0.5, 0.6) is 0 Å². The highest BCUT2D eigenvalue weighted by molar-refractivity contribution is 5.94. The van der Waals surface area contributed by atoms with Crippen molar-refractivity contribution >= 4 is 5.91 Å². The predicted molar refractivity (Wildman–Crippen MR) is 79.2 cm³/mol. The number of nitrogens with zero attached hydrogens (tertiary/aromatic N) is 1. The van der Waals surface area contributed by atoms with Crippen LogP contribution in [0.2, 0.25) is 0 Å². The molecular formula is C17H20F3NO. The van der Waals surface area contributed by atoms with Crippen molar-refractivity contribution in [1.29, 1.82) is 0 Å². The summed E-state index contributed by atoms with van der Waals surface area (Å²) in [6, 6.07) is 4.88. The molecule has 1 heterocycles. The van der Waals surface area contributed by atoms with E-state index in [1.54, 1.807) is 17.2 Å². The second kappa shape index (κ2) is 5.14. The summed E-state index contributed by atoms with van der Waals surface area (Å²) in [6.07, 6.45) is -0.335. The standard InChI is InChI=1S/C17H20F3NO/c1-5-16(10-11-21(14(16)22)15(2,3)4)12-6-8-13(9-7-12)17(18,19)20/h6-11H,5H2,1-4H3. The number of hydrogen-bond acceptors (Lipinski definition) is 1. The Morgan fingerprint density at radius 1 is 1.09 bits per heavy atom. The number of alkyl halides is 3. The van der Waals surface area contributed by atoms with Crippen molar-refractivity contribution in [1.82, 2.24) is 4.90 Å². The van der Waals surface area contributed by atoms with Gasteiger partial charge in [0.1, 0.15) is 0 Å². The minimum atomic E-state index is -4.37. The minimum Gasteiger partial charge on any atom is -0.313 e. The van der Waals surface area contributed by atoms with E-state index >= 15 is 0 Å². The highest BCUT2D eigenvalue weighted by atomic mass is 19.4. The molecule has 1 aromatic carbocycles. The molecular weight excluding hydrogens is 291 g/mol. The third-order valence-corrected chi connectivity index (χ3v) is 4.12. The van der Waals surface area contributed by atoms with Gasteiger partial charge in [-0.05, 0) is 51.0 Å². The topological polar surface area (TPSA) is 20.3 Å². The Hall–Kier alpha value is -1.78. The number of hydrogen-bond donors (Lipinski definition) is 0. The number of carbonyl (C=O) groups is 1. The van der Waals surface area contributed by atoms with Gasteiger partial charge in [0.05, 0.1) is 11.0 Å². The smallest absolute Gasteiger partial charge is 0.313 e. The molecule has 1 unspecified atom stereocenters. The molecule has 0 aliphatic carbocycles. The van der Waals surface area contributed by atoms with Crippen molar-refractivity contribution in [3.8, 4) is 0 Å². The summed E-state index contributed by atoms with van der Waals surface area (Å²) in [4.78, 5) is 14.5. The first-order valence-corrected chi connectivity index (χ1v) is 7.23. The summed E-state index contributed by atoms with van der Waals surface area (Å²) < 4.78 is 38.0. The first-order valence-electron chi connectivity index (χ1n) is 7.23. The molecule has 2 nitrogen and oxygen atoms in total. The lowest BCUT2D eigenvalue weighted by Crippen LogP contribution is -2.46. The monoisotopic (exact) mass is 311 g/mol. The van der Waals surface area contributed by atoms with Gasteiger partial charge in [-0.15, -0.1) is 0 Å². The Morgan fingerprint density at radius 2 is 1.64 bits per heavy atom. The van der Waals surface area contributed by atoms with E-state index in [-0.39, 0.29) is 11.4 Å². The van der Waals surface area contributed by atoms with Crippen LogP contribution in [0.1, 0.15) is 45.2 Å². The summed E-state index contributed by atoms with van der Waals surface area (Å²) in [7, 11) is 0. The van der Waals surface area contributed by atoms with Crippen molar-refractivity contribution in [3.05, 3.63) is 47.7 Å². The van der Waals surface area contributed by atoms with Gasteiger partial charge in [-0.3, -0.25) is 4.79 Å². The van der Waals surface area contributed by atoms with Crippen molar-refractivity contribution in [2.24, 2.45) is 0 Å². The molecule has 0 aromatic heterocycles. The van der Waals surface area contributed by atoms with Gasteiger partial charge in [0.2, 0.25) is 5.91 Å². The summed E-state index contributed by atoms with van der Waals surface area (Å²) >= 11 is 0. The molecule has 1 aliphatic heterocycles. The molecule has 0 spiro atoms. The highest BCUT2D eigenvalue weighted by Crippen LogP contribution is 2.40. The Kier molecular flexibility index (Phi) is 3.88. The number of carbonyl (C=O) groups excluding carboxylic acids is 1. The van der Waals surface area contributed by atoms with Crippen molar-refractivity contribution in [3.63, 3.8) is 0 Å². The largest absolute Gasteiger partial charge is 0.416 e. The zero-order valence-corrected chi connectivity index (χ0v) is 13.2. The Labute approximate surface area is 128 Å². The summed E-state index contributed by atoms with van der Waals surface area (Å²) in [5.41, 5.74) is -1.35. The van der Waals surface area contributed by atoms with E-state index in [1.165, 1.54) is 12.1 Å². The van der Waals surface area contributed by atoms with Gasteiger partial charge in [-0.2, -0.15) is 13.2 Å². The van der Waals surface area contributed by atoms with Crippen LogP contribution in [0.15, 0.2) is 36.5 Å². The van der Waals surface area contributed by atoms with Crippen molar-refractivity contribution < 1.29 is 18.0 Å². The molecule has 0 saturated carbocycles. The minimum absolute atomic E-state index is 0.0951. The first kappa shape index (κ1) is 16.6. The highest BCUT2D eigenvalue weighted by Gasteiger charge is 2.46. The number of rotatable bonds is 2. The van der Waals surface area contributed by atoms with Crippen LogP contribution in [-0.2, 0) is 16.4 Å². The average molecular weight is 311 g/mol. The number of amides is 1. The molecule has 0 N–H and O–H groups in total. The van der Waals surface area contributed by atoms with Crippen LogP contribution in [0.4, 0.5) is 13.2 Å². The first-order chi connectivity index (χ1) is 10.0. The molecule has 1 atom stereocenters. The molecule has 120 valence electrons. The van der Waals surface area contributed by atoms with Crippen LogP contribution in [-0.4, -0.2) is 16.3 Å². The SMILES string of the molecule is CCC1(c2ccc(C(F)(F)F)cc2)C=CN(C(C)(C)C)C1=O. The lowest BCUT2D eigenvalue weighted by molar-refractivity contribution is -0.137. The van der Waals surface area contributed by atoms with E-state index in [0.717, 1.165) is 12.1 Å². The van der Waals surface area contributed by atoms with E-state index < -0.39 is 17.2 Å². The summed E-state index contributed by atoms with van der Waals surface area (Å²) in [6.45, 7) is 7.64. The Balaban J connectivity index is 2.41. The normalized spacial score (nSPS) is 22.5. The van der Waals surface area contributed by atoms with E-state index in [9.17, 15) is 18.0 Å². The molecule has 0 radical (unpaired) electrons. The Morgan fingerprint density at radius 3 is 2.00 bits per heavy atom. The molecule has 0 fully saturated rings. The molecule has 1 amide bonds. The third kappa shape index (κ3) is 2.64. The molecule has 2 rings (SSSR count).